The molecule has 0 saturated carbocycles. The van der Waals surface area contributed by atoms with Gasteiger partial charge in [-0.3, -0.25) is 4.79 Å². The molecule has 0 bridgehead atoms. The minimum atomic E-state index is -0.168. The Morgan fingerprint density at radius 3 is 2.81 bits per heavy atom. The molecule has 0 N–H and O–H groups in total. The number of para-hydroxylation sites is 2. The fourth-order valence-corrected chi connectivity index (χ4v) is 3.21. The van der Waals surface area contributed by atoms with E-state index in [2.05, 4.69) is 9.55 Å². The lowest BCUT2D eigenvalue weighted by Gasteiger charge is -2.16. The molecule has 0 fully saturated rings. The van der Waals surface area contributed by atoms with E-state index in [0.29, 0.717) is 6.61 Å². The van der Waals surface area contributed by atoms with Crippen LogP contribution in [-0.4, -0.2) is 53.4 Å². The molecule has 0 spiro atoms. The van der Waals surface area contributed by atoms with Crippen LogP contribution in [0.15, 0.2) is 29.4 Å². The molecule has 1 heterocycles. The zero-order chi connectivity index (χ0) is 15.4. The molecule has 1 amide bonds. The van der Waals surface area contributed by atoms with Crippen LogP contribution in [0.1, 0.15) is 6.92 Å². The predicted molar refractivity (Wildman–Crippen MR) is 85.6 cm³/mol. The Labute approximate surface area is 129 Å². The maximum absolute atomic E-state index is 12.0. The molecule has 21 heavy (non-hydrogen) atoms. The fraction of sp³-hybridized carbons (Fsp3) is 0.467. The third-order valence-electron chi connectivity index (χ3n) is 3.21. The van der Waals surface area contributed by atoms with Crippen LogP contribution in [-0.2, 0) is 16.1 Å². The first-order chi connectivity index (χ1) is 10.0. The van der Waals surface area contributed by atoms with Gasteiger partial charge in [0.1, 0.15) is 0 Å². The van der Waals surface area contributed by atoms with Crippen LogP contribution in [0.5, 0.6) is 0 Å². The summed E-state index contributed by atoms with van der Waals surface area (Å²) < 4.78 is 7.29. The van der Waals surface area contributed by atoms with Crippen LogP contribution in [0.3, 0.4) is 0 Å². The van der Waals surface area contributed by atoms with Gasteiger partial charge in [-0.2, -0.15) is 0 Å². The van der Waals surface area contributed by atoms with Crippen molar-refractivity contribution in [1.29, 1.82) is 0 Å². The van der Waals surface area contributed by atoms with Gasteiger partial charge in [0.05, 0.1) is 22.9 Å². The van der Waals surface area contributed by atoms with Crippen LogP contribution in [0.4, 0.5) is 0 Å². The van der Waals surface area contributed by atoms with Gasteiger partial charge in [0.25, 0.3) is 0 Å². The number of carbonyl (C=O) groups is 1. The molecular formula is C15H21N3O2S. The van der Waals surface area contributed by atoms with Gasteiger partial charge in [-0.25, -0.2) is 4.98 Å². The molecule has 0 radical (unpaired) electrons. The average Bonchev–Trinajstić information content (AvgIpc) is 2.81. The molecule has 5 nitrogen and oxygen atoms in total. The number of hydrogen-bond acceptors (Lipinski definition) is 4. The zero-order valence-corrected chi connectivity index (χ0v) is 13.7. The molecule has 0 aliphatic rings. The van der Waals surface area contributed by atoms with E-state index in [-0.39, 0.29) is 11.2 Å². The van der Waals surface area contributed by atoms with Gasteiger partial charge in [0, 0.05) is 27.7 Å². The third kappa shape index (κ3) is 3.57. The Balaban J connectivity index is 2.31. The van der Waals surface area contributed by atoms with Crippen LogP contribution < -0.4 is 0 Å². The highest BCUT2D eigenvalue weighted by Gasteiger charge is 2.20. The standard InChI is InChI=1S/C15H21N3O2S/c1-11(14(19)17(2)3)21-15-16-12-7-5-6-8-13(12)18(15)9-10-20-4/h5-8,11H,9-10H2,1-4H3. The van der Waals surface area contributed by atoms with Gasteiger partial charge in [-0.15, -0.1) is 0 Å². The molecule has 1 unspecified atom stereocenters. The van der Waals surface area contributed by atoms with Crippen molar-refractivity contribution in [3.63, 3.8) is 0 Å². The second-order valence-corrected chi connectivity index (χ2v) is 6.33. The Hall–Kier alpha value is -1.53. The van der Waals surface area contributed by atoms with Crippen molar-refractivity contribution in [2.45, 2.75) is 23.9 Å². The minimum Gasteiger partial charge on any atom is -0.383 e. The Morgan fingerprint density at radius 1 is 1.43 bits per heavy atom. The SMILES string of the molecule is COCCn1c(SC(C)C(=O)N(C)C)nc2ccccc21. The van der Waals surface area contributed by atoms with E-state index in [1.54, 1.807) is 26.1 Å². The number of aromatic nitrogens is 2. The summed E-state index contributed by atoms with van der Waals surface area (Å²) in [5.41, 5.74) is 2.02. The fourth-order valence-electron chi connectivity index (χ4n) is 2.11. The lowest BCUT2D eigenvalue weighted by atomic mass is 10.3. The monoisotopic (exact) mass is 307 g/mol. The van der Waals surface area contributed by atoms with Crippen molar-refractivity contribution in [1.82, 2.24) is 14.5 Å². The van der Waals surface area contributed by atoms with Crippen molar-refractivity contribution in [3.8, 4) is 0 Å². The number of thioether (sulfide) groups is 1. The van der Waals surface area contributed by atoms with Gasteiger partial charge in [0.2, 0.25) is 5.91 Å². The zero-order valence-electron chi connectivity index (χ0n) is 12.9. The number of rotatable bonds is 6. The van der Waals surface area contributed by atoms with E-state index in [0.717, 1.165) is 22.7 Å². The Bertz CT molecular complexity index is 624. The van der Waals surface area contributed by atoms with E-state index in [9.17, 15) is 4.79 Å². The van der Waals surface area contributed by atoms with Crippen molar-refractivity contribution < 1.29 is 9.53 Å². The summed E-state index contributed by atoms with van der Waals surface area (Å²) >= 11 is 1.49. The van der Waals surface area contributed by atoms with Crippen molar-refractivity contribution in [3.05, 3.63) is 24.3 Å². The van der Waals surface area contributed by atoms with Gasteiger partial charge in [-0.1, -0.05) is 23.9 Å². The van der Waals surface area contributed by atoms with E-state index >= 15 is 0 Å². The molecule has 114 valence electrons. The number of hydrogen-bond donors (Lipinski definition) is 0. The number of nitrogens with zero attached hydrogens (tertiary/aromatic N) is 3. The highest BCUT2D eigenvalue weighted by atomic mass is 32.2. The summed E-state index contributed by atoms with van der Waals surface area (Å²) in [4.78, 5) is 18.3. The second-order valence-electron chi connectivity index (χ2n) is 5.02. The molecule has 2 aromatic rings. The summed E-state index contributed by atoms with van der Waals surface area (Å²) in [6, 6.07) is 8.00. The Kier molecular flexibility index (Phi) is 5.25. The molecule has 1 aromatic carbocycles. The molecule has 0 aliphatic heterocycles. The van der Waals surface area contributed by atoms with Crippen molar-refractivity contribution in [2.75, 3.05) is 27.8 Å². The lowest BCUT2D eigenvalue weighted by molar-refractivity contribution is -0.127. The first-order valence-corrected chi connectivity index (χ1v) is 7.74. The average molecular weight is 307 g/mol. The number of ether oxygens (including phenoxy) is 1. The van der Waals surface area contributed by atoms with Gasteiger partial charge < -0.3 is 14.2 Å². The molecule has 1 atom stereocenters. The molecular weight excluding hydrogens is 286 g/mol. The predicted octanol–water partition coefficient (Wildman–Crippen LogP) is 2.25. The highest BCUT2D eigenvalue weighted by Crippen LogP contribution is 2.27. The topological polar surface area (TPSA) is 47.4 Å². The lowest BCUT2D eigenvalue weighted by Crippen LogP contribution is -2.29. The number of methoxy groups -OCH3 is 1. The van der Waals surface area contributed by atoms with E-state index in [1.165, 1.54) is 11.8 Å². The van der Waals surface area contributed by atoms with Gasteiger partial charge >= 0.3 is 0 Å². The van der Waals surface area contributed by atoms with Crippen LogP contribution in [0.25, 0.3) is 11.0 Å². The molecule has 1 aromatic heterocycles. The number of amides is 1. The molecule has 6 heteroatoms. The maximum atomic E-state index is 12.0. The first kappa shape index (κ1) is 15.9. The normalized spacial score (nSPS) is 12.6. The minimum absolute atomic E-state index is 0.0883. The second kappa shape index (κ2) is 6.95. The summed E-state index contributed by atoms with van der Waals surface area (Å²) in [6.45, 7) is 3.25. The smallest absolute Gasteiger partial charge is 0.235 e. The third-order valence-corrected chi connectivity index (χ3v) is 4.29. The number of fused-ring (bicyclic) bond motifs is 1. The van der Waals surface area contributed by atoms with Gasteiger partial charge in [0.15, 0.2) is 5.16 Å². The van der Waals surface area contributed by atoms with Crippen molar-refractivity contribution >= 4 is 28.7 Å². The highest BCUT2D eigenvalue weighted by molar-refractivity contribution is 8.00. The molecule has 0 aliphatic carbocycles. The molecule has 2 rings (SSSR count). The summed E-state index contributed by atoms with van der Waals surface area (Å²) in [6.07, 6.45) is 0. The number of benzene rings is 1. The van der Waals surface area contributed by atoms with E-state index in [4.69, 9.17) is 4.74 Å². The largest absolute Gasteiger partial charge is 0.383 e. The Morgan fingerprint density at radius 2 is 2.14 bits per heavy atom. The number of imidazole rings is 1. The summed E-state index contributed by atoms with van der Waals surface area (Å²) in [7, 11) is 5.23. The molecule has 0 saturated heterocycles. The van der Waals surface area contributed by atoms with E-state index < -0.39 is 0 Å². The maximum Gasteiger partial charge on any atom is 0.235 e. The van der Waals surface area contributed by atoms with Crippen molar-refractivity contribution in [2.24, 2.45) is 0 Å². The number of carbonyl (C=O) groups excluding carboxylic acids is 1. The van der Waals surface area contributed by atoms with Gasteiger partial charge in [-0.05, 0) is 19.1 Å². The quantitative estimate of drug-likeness (QED) is 0.768. The summed E-state index contributed by atoms with van der Waals surface area (Å²) in [5.74, 6) is 0.0883. The van der Waals surface area contributed by atoms with Crippen LogP contribution in [0.2, 0.25) is 0 Å². The van der Waals surface area contributed by atoms with Crippen LogP contribution >= 0.6 is 11.8 Å². The van der Waals surface area contributed by atoms with E-state index in [1.807, 2.05) is 31.2 Å². The van der Waals surface area contributed by atoms with Crippen LogP contribution in [0, 0.1) is 0 Å². The summed E-state index contributed by atoms with van der Waals surface area (Å²) in [5, 5.41) is 0.689. The first-order valence-electron chi connectivity index (χ1n) is 6.86.